The highest BCUT2D eigenvalue weighted by Crippen LogP contribution is 2.29. The van der Waals surface area contributed by atoms with Crippen molar-refractivity contribution < 1.29 is 22.8 Å². The first kappa shape index (κ1) is 21.9. The summed E-state index contributed by atoms with van der Waals surface area (Å²) >= 11 is 0. The molecule has 0 aliphatic carbocycles. The van der Waals surface area contributed by atoms with Gasteiger partial charge in [-0.15, -0.1) is 0 Å². The van der Waals surface area contributed by atoms with Crippen LogP contribution in [0.5, 0.6) is 0 Å². The van der Waals surface area contributed by atoms with Crippen molar-refractivity contribution in [1.29, 1.82) is 0 Å². The smallest absolute Gasteiger partial charge is 0.372 e. The van der Waals surface area contributed by atoms with Gasteiger partial charge in [-0.1, -0.05) is 12.1 Å². The Bertz CT molecular complexity index is 859. The van der Waals surface area contributed by atoms with Crippen LogP contribution in [0, 0.1) is 0 Å². The normalized spacial score (nSPS) is 11.3. The molecule has 2 N–H and O–H groups in total. The first-order valence-electron chi connectivity index (χ1n) is 8.91. The summed E-state index contributed by atoms with van der Waals surface area (Å²) in [5, 5.41) is 5.92. The van der Waals surface area contributed by atoms with Crippen LogP contribution in [0.1, 0.15) is 25.0 Å². The Kier molecular flexibility index (Phi) is 7.35. The second-order valence-electron chi connectivity index (χ2n) is 5.99. The maximum Gasteiger partial charge on any atom is 0.416 e. The summed E-state index contributed by atoms with van der Waals surface area (Å²) in [7, 11) is 0. The van der Waals surface area contributed by atoms with Crippen LogP contribution >= 0.6 is 0 Å². The number of hydrogen-bond donors (Lipinski definition) is 2. The molecule has 0 spiro atoms. The Labute approximate surface area is 166 Å². The quantitative estimate of drug-likeness (QED) is 0.437. The van der Waals surface area contributed by atoms with Gasteiger partial charge in [0.1, 0.15) is 0 Å². The van der Waals surface area contributed by atoms with Gasteiger partial charge in [0, 0.05) is 24.5 Å². The van der Waals surface area contributed by atoms with Crippen molar-refractivity contribution in [3.63, 3.8) is 0 Å². The molecule has 2 rings (SSSR count). The summed E-state index contributed by atoms with van der Waals surface area (Å²) in [5.74, 6) is -2.08. The lowest BCUT2D eigenvalue weighted by atomic mass is 10.2. The van der Waals surface area contributed by atoms with Gasteiger partial charge in [-0.25, -0.2) is 5.43 Å². The van der Waals surface area contributed by atoms with Crippen molar-refractivity contribution in [2.24, 2.45) is 5.10 Å². The maximum absolute atomic E-state index is 12.5. The van der Waals surface area contributed by atoms with Gasteiger partial charge in [-0.2, -0.15) is 18.3 Å². The van der Waals surface area contributed by atoms with E-state index < -0.39 is 23.6 Å². The van der Waals surface area contributed by atoms with E-state index in [2.05, 4.69) is 34.6 Å². The third-order valence-electron chi connectivity index (χ3n) is 4.08. The van der Waals surface area contributed by atoms with Crippen LogP contribution in [0.4, 0.5) is 24.5 Å². The number of nitrogens with one attached hydrogen (secondary N) is 2. The molecule has 0 aliphatic heterocycles. The van der Waals surface area contributed by atoms with E-state index in [9.17, 15) is 22.8 Å². The molecule has 6 nitrogen and oxygen atoms in total. The summed E-state index contributed by atoms with van der Waals surface area (Å²) in [6.45, 7) is 5.89. The van der Waals surface area contributed by atoms with E-state index in [1.807, 2.05) is 24.3 Å². The minimum atomic E-state index is -4.47. The summed E-state index contributed by atoms with van der Waals surface area (Å²) in [6, 6.07) is 11.3. The van der Waals surface area contributed by atoms with Crippen molar-refractivity contribution in [2.45, 2.75) is 20.0 Å². The SMILES string of the molecule is CCN(CC)c1ccc(/C=N\NC(=O)C(=O)Nc2ccc(C(F)(F)F)cc2)cc1. The molecule has 0 saturated carbocycles. The Balaban J connectivity index is 1.89. The molecule has 2 amide bonds. The molecule has 0 heterocycles. The Morgan fingerprint density at radius 1 is 0.966 bits per heavy atom. The zero-order chi connectivity index (χ0) is 21.4. The molecule has 0 atom stereocenters. The minimum absolute atomic E-state index is 0.0640. The van der Waals surface area contributed by atoms with Crippen LogP contribution in [0.25, 0.3) is 0 Å². The van der Waals surface area contributed by atoms with Crippen molar-refractivity contribution in [3.05, 3.63) is 59.7 Å². The van der Waals surface area contributed by atoms with E-state index in [1.165, 1.54) is 6.21 Å². The lowest BCUT2D eigenvalue weighted by molar-refractivity contribution is -0.137. The van der Waals surface area contributed by atoms with Crippen molar-refractivity contribution in [2.75, 3.05) is 23.3 Å². The molecule has 29 heavy (non-hydrogen) atoms. The number of amides is 2. The van der Waals surface area contributed by atoms with Gasteiger partial charge >= 0.3 is 18.0 Å². The van der Waals surface area contributed by atoms with E-state index in [4.69, 9.17) is 0 Å². The molecule has 2 aromatic carbocycles. The fourth-order valence-corrected chi connectivity index (χ4v) is 2.51. The van der Waals surface area contributed by atoms with Gasteiger partial charge in [-0.05, 0) is 55.8 Å². The van der Waals surface area contributed by atoms with Gasteiger partial charge in [0.05, 0.1) is 11.8 Å². The molecule has 0 fully saturated rings. The molecule has 0 unspecified atom stereocenters. The highest BCUT2D eigenvalue weighted by Gasteiger charge is 2.30. The number of nitrogens with zero attached hydrogens (tertiary/aromatic N) is 2. The molecular weight excluding hydrogens is 385 g/mol. The van der Waals surface area contributed by atoms with Crippen LogP contribution in [0.2, 0.25) is 0 Å². The number of carbonyl (C=O) groups excluding carboxylic acids is 2. The molecule has 0 aromatic heterocycles. The van der Waals surface area contributed by atoms with Crippen molar-refractivity contribution in [1.82, 2.24) is 5.43 Å². The van der Waals surface area contributed by atoms with Crippen molar-refractivity contribution in [3.8, 4) is 0 Å². The van der Waals surface area contributed by atoms with Gasteiger partial charge < -0.3 is 10.2 Å². The number of anilines is 2. The highest BCUT2D eigenvalue weighted by atomic mass is 19.4. The molecule has 0 bridgehead atoms. The number of hydrazone groups is 1. The highest BCUT2D eigenvalue weighted by molar-refractivity contribution is 6.39. The van der Waals surface area contributed by atoms with Gasteiger partial charge in [-0.3, -0.25) is 9.59 Å². The predicted molar refractivity (Wildman–Crippen MR) is 106 cm³/mol. The number of benzene rings is 2. The fourth-order valence-electron chi connectivity index (χ4n) is 2.51. The minimum Gasteiger partial charge on any atom is -0.372 e. The number of halogens is 3. The predicted octanol–water partition coefficient (Wildman–Crippen LogP) is 3.64. The second kappa shape index (κ2) is 9.72. The topological polar surface area (TPSA) is 73.8 Å². The maximum atomic E-state index is 12.5. The summed E-state index contributed by atoms with van der Waals surface area (Å²) < 4.78 is 37.6. The zero-order valence-corrected chi connectivity index (χ0v) is 16.0. The van der Waals surface area contributed by atoms with Crippen LogP contribution in [-0.4, -0.2) is 31.1 Å². The average Bonchev–Trinajstić information content (AvgIpc) is 2.69. The van der Waals surface area contributed by atoms with E-state index in [-0.39, 0.29) is 5.69 Å². The molecular formula is C20H21F3N4O2. The summed E-state index contributed by atoms with van der Waals surface area (Å²) in [4.78, 5) is 25.7. The third-order valence-corrected chi connectivity index (χ3v) is 4.08. The van der Waals surface area contributed by atoms with Gasteiger partial charge in [0.15, 0.2) is 0 Å². The Morgan fingerprint density at radius 3 is 2.07 bits per heavy atom. The lowest BCUT2D eigenvalue weighted by Gasteiger charge is -2.20. The van der Waals surface area contributed by atoms with E-state index in [0.717, 1.165) is 48.6 Å². The molecule has 0 aliphatic rings. The summed E-state index contributed by atoms with van der Waals surface area (Å²) in [5.41, 5.74) is 3.08. The third kappa shape index (κ3) is 6.34. The van der Waals surface area contributed by atoms with Crippen LogP contribution < -0.4 is 15.6 Å². The van der Waals surface area contributed by atoms with Crippen LogP contribution in [-0.2, 0) is 15.8 Å². The first-order chi connectivity index (χ1) is 13.7. The molecule has 0 saturated heterocycles. The standard InChI is InChI=1S/C20H21F3N4O2/c1-3-27(4-2)17-11-5-14(6-12-17)13-24-26-19(29)18(28)25-16-9-7-15(8-10-16)20(21,22)23/h5-13H,3-4H2,1-2H3,(H,25,28)(H,26,29)/b24-13-. The Hall–Kier alpha value is -3.36. The Morgan fingerprint density at radius 2 is 1.55 bits per heavy atom. The number of alkyl halides is 3. The van der Waals surface area contributed by atoms with Crippen LogP contribution in [0.15, 0.2) is 53.6 Å². The number of rotatable bonds is 6. The lowest BCUT2D eigenvalue weighted by Crippen LogP contribution is -2.32. The average molecular weight is 406 g/mol. The first-order valence-corrected chi connectivity index (χ1v) is 8.91. The van der Waals surface area contributed by atoms with E-state index in [0.29, 0.717) is 0 Å². The van der Waals surface area contributed by atoms with Gasteiger partial charge in [0.2, 0.25) is 0 Å². The van der Waals surface area contributed by atoms with Crippen LogP contribution in [0.3, 0.4) is 0 Å². The monoisotopic (exact) mass is 406 g/mol. The van der Waals surface area contributed by atoms with E-state index >= 15 is 0 Å². The summed E-state index contributed by atoms with van der Waals surface area (Å²) in [6.07, 6.45) is -3.09. The molecule has 0 radical (unpaired) electrons. The molecule has 154 valence electrons. The number of hydrogen-bond acceptors (Lipinski definition) is 4. The van der Waals surface area contributed by atoms with Gasteiger partial charge in [0.25, 0.3) is 0 Å². The zero-order valence-electron chi connectivity index (χ0n) is 16.0. The van der Waals surface area contributed by atoms with Crippen molar-refractivity contribution >= 4 is 29.4 Å². The van der Waals surface area contributed by atoms with E-state index in [1.54, 1.807) is 0 Å². The largest absolute Gasteiger partial charge is 0.416 e. The fraction of sp³-hybridized carbons (Fsp3) is 0.250. The number of carbonyl (C=O) groups is 2. The second-order valence-corrected chi connectivity index (χ2v) is 5.99. The molecule has 9 heteroatoms. The molecule has 2 aromatic rings.